The number of pyridine rings is 1. The highest BCUT2D eigenvalue weighted by atomic mass is 79.9. The van der Waals surface area contributed by atoms with Crippen molar-refractivity contribution in [2.75, 3.05) is 31.1 Å². The molecule has 1 amide bonds. The summed E-state index contributed by atoms with van der Waals surface area (Å²) in [5.74, 6) is -0.145. The first-order valence-corrected chi connectivity index (χ1v) is 6.81. The second-order valence-corrected chi connectivity index (χ2v) is 5.43. The zero-order valence-electron chi connectivity index (χ0n) is 10.7. The number of anilines is 1. The number of amides is 1. The summed E-state index contributed by atoms with van der Waals surface area (Å²) in [6.45, 7) is 2.96. The molecular weight excluding hydrogens is 339 g/mol. The maximum Gasteiger partial charge on any atom is 0.419 e. The van der Waals surface area contributed by atoms with E-state index in [2.05, 4.69) is 20.9 Å². The Labute approximate surface area is 122 Å². The maximum absolute atomic E-state index is 13.0. The van der Waals surface area contributed by atoms with Gasteiger partial charge in [0.15, 0.2) is 0 Å². The Morgan fingerprint density at radius 3 is 2.40 bits per heavy atom. The van der Waals surface area contributed by atoms with Crippen LogP contribution in [0.4, 0.5) is 19.0 Å². The number of nitrogens with zero attached hydrogens (tertiary/aromatic N) is 3. The topological polar surface area (TPSA) is 36.4 Å². The van der Waals surface area contributed by atoms with E-state index in [4.69, 9.17) is 0 Å². The molecule has 20 heavy (non-hydrogen) atoms. The van der Waals surface area contributed by atoms with Crippen LogP contribution in [-0.4, -0.2) is 42.0 Å². The summed E-state index contributed by atoms with van der Waals surface area (Å²) in [5.41, 5.74) is -0.761. The molecule has 1 aliphatic heterocycles. The number of carbonyl (C=O) groups is 1. The van der Waals surface area contributed by atoms with Crippen molar-refractivity contribution >= 4 is 27.7 Å². The Morgan fingerprint density at radius 2 is 1.90 bits per heavy atom. The van der Waals surface area contributed by atoms with Crippen LogP contribution in [0.1, 0.15) is 12.5 Å². The van der Waals surface area contributed by atoms with Crippen molar-refractivity contribution in [3.63, 3.8) is 0 Å². The van der Waals surface area contributed by atoms with Gasteiger partial charge in [-0.1, -0.05) is 0 Å². The molecule has 0 bridgehead atoms. The van der Waals surface area contributed by atoms with E-state index in [0.29, 0.717) is 26.2 Å². The van der Waals surface area contributed by atoms with Gasteiger partial charge in [0, 0.05) is 43.8 Å². The predicted molar refractivity (Wildman–Crippen MR) is 71.4 cm³/mol. The molecule has 1 aliphatic rings. The summed E-state index contributed by atoms with van der Waals surface area (Å²) >= 11 is 3.01. The highest BCUT2D eigenvalue weighted by molar-refractivity contribution is 9.10. The first-order valence-electron chi connectivity index (χ1n) is 6.02. The zero-order chi connectivity index (χ0) is 14.9. The fourth-order valence-corrected chi connectivity index (χ4v) is 2.46. The van der Waals surface area contributed by atoms with Crippen LogP contribution in [0.5, 0.6) is 0 Å². The van der Waals surface area contributed by atoms with E-state index in [-0.39, 0.29) is 16.2 Å². The largest absolute Gasteiger partial charge is 0.419 e. The first-order chi connectivity index (χ1) is 9.29. The first kappa shape index (κ1) is 15.1. The lowest BCUT2D eigenvalue weighted by Gasteiger charge is -2.35. The minimum atomic E-state index is -4.45. The fourth-order valence-electron chi connectivity index (χ4n) is 2.13. The quantitative estimate of drug-likeness (QED) is 0.780. The van der Waals surface area contributed by atoms with Crippen LogP contribution in [0.25, 0.3) is 0 Å². The van der Waals surface area contributed by atoms with Gasteiger partial charge in [-0.05, 0) is 22.0 Å². The Morgan fingerprint density at radius 1 is 1.30 bits per heavy atom. The van der Waals surface area contributed by atoms with E-state index in [0.717, 1.165) is 6.07 Å². The summed E-state index contributed by atoms with van der Waals surface area (Å²) in [5, 5.41) is 0. The molecule has 0 unspecified atom stereocenters. The van der Waals surface area contributed by atoms with Gasteiger partial charge >= 0.3 is 6.18 Å². The molecule has 0 saturated carbocycles. The molecule has 0 atom stereocenters. The van der Waals surface area contributed by atoms with Gasteiger partial charge in [-0.25, -0.2) is 4.98 Å². The molecule has 1 aromatic rings. The van der Waals surface area contributed by atoms with Crippen molar-refractivity contribution in [2.24, 2.45) is 0 Å². The Bertz CT molecular complexity index is 513. The molecular formula is C12H13BrF3N3O. The lowest BCUT2D eigenvalue weighted by Crippen LogP contribution is -2.48. The number of alkyl halides is 3. The SMILES string of the molecule is CC(=O)N1CCN(c2ncc(Br)cc2C(F)(F)F)CC1. The van der Waals surface area contributed by atoms with Gasteiger partial charge in [0.1, 0.15) is 5.82 Å². The molecule has 4 nitrogen and oxygen atoms in total. The summed E-state index contributed by atoms with van der Waals surface area (Å²) in [7, 11) is 0. The molecule has 0 aromatic carbocycles. The van der Waals surface area contributed by atoms with Gasteiger partial charge in [0.2, 0.25) is 5.91 Å². The Kier molecular flexibility index (Phi) is 4.22. The average molecular weight is 352 g/mol. The average Bonchev–Trinajstić information content (AvgIpc) is 2.38. The number of carbonyl (C=O) groups excluding carboxylic acids is 1. The van der Waals surface area contributed by atoms with Crippen LogP contribution < -0.4 is 4.90 Å². The van der Waals surface area contributed by atoms with Crippen molar-refractivity contribution in [2.45, 2.75) is 13.1 Å². The molecule has 0 N–H and O–H groups in total. The molecule has 0 spiro atoms. The zero-order valence-corrected chi connectivity index (χ0v) is 12.3. The minimum Gasteiger partial charge on any atom is -0.353 e. The molecule has 1 aromatic heterocycles. The van der Waals surface area contributed by atoms with Crippen molar-refractivity contribution in [1.29, 1.82) is 0 Å². The van der Waals surface area contributed by atoms with E-state index in [1.54, 1.807) is 9.80 Å². The lowest BCUT2D eigenvalue weighted by atomic mass is 10.2. The van der Waals surface area contributed by atoms with Crippen molar-refractivity contribution in [1.82, 2.24) is 9.88 Å². The fraction of sp³-hybridized carbons (Fsp3) is 0.500. The molecule has 2 heterocycles. The third-order valence-electron chi connectivity index (χ3n) is 3.16. The summed E-state index contributed by atoms with van der Waals surface area (Å²) in [6.07, 6.45) is -3.11. The van der Waals surface area contributed by atoms with Crippen LogP contribution in [0, 0.1) is 0 Å². The Balaban J connectivity index is 2.24. The second kappa shape index (κ2) is 5.59. The standard InChI is InChI=1S/C12H13BrF3N3O/c1-8(20)18-2-4-19(5-3-18)11-10(12(14,15)16)6-9(13)7-17-11/h6-7H,2-5H2,1H3. The number of rotatable bonds is 1. The highest BCUT2D eigenvalue weighted by Gasteiger charge is 2.36. The molecule has 1 saturated heterocycles. The van der Waals surface area contributed by atoms with Crippen LogP contribution in [-0.2, 0) is 11.0 Å². The summed E-state index contributed by atoms with van der Waals surface area (Å²) < 4.78 is 39.4. The number of piperazine rings is 1. The summed E-state index contributed by atoms with van der Waals surface area (Å²) in [6, 6.07) is 1.03. The minimum absolute atomic E-state index is 0.0653. The monoisotopic (exact) mass is 351 g/mol. The molecule has 2 rings (SSSR count). The van der Waals surface area contributed by atoms with Crippen LogP contribution in [0.2, 0.25) is 0 Å². The van der Waals surface area contributed by atoms with Crippen LogP contribution in [0.3, 0.4) is 0 Å². The molecule has 0 radical (unpaired) electrons. The highest BCUT2D eigenvalue weighted by Crippen LogP contribution is 2.37. The predicted octanol–water partition coefficient (Wildman–Crippen LogP) is 2.53. The van der Waals surface area contributed by atoms with E-state index in [1.165, 1.54) is 13.1 Å². The molecule has 1 fully saturated rings. The molecule has 8 heteroatoms. The number of halogens is 4. The van der Waals surface area contributed by atoms with E-state index < -0.39 is 11.7 Å². The molecule has 110 valence electrons. The van der Waals surface area contributed by atoms with Gasteiger partial charge < -0.3 is 9.80 Å². The third-order valence-corrected chi connectivity index (χ3v) is 3.60. The van der Waals surface area contributed by atoms with Gasteiger partial charge in [-0.15, -0.1) is 0 Å². The van der Waals surface area contributed by atoms with Gasteiger partial charge in [0.05, 0.1) is 5.56 Å². The van der Waals surface area contributed by atoms with Crippen LogP contribution >= 0.6 is 15.9 Å². The normalized spacial score (nSPS) is 16.4. The maximum atomic E-state index is 13.0. The van der Waals surface area contributed by atoms with E-state index in [1.807, 2.05) is 0 Å². The smallest absolute Gasteiger partial charge is 0.353 e. The van der Waals surface area contributed by atoms with E-state index in [9.17, 15) is 18.0 Å². The van der Waals surface area contributed by atoms with E-state index >= 15 is 0 Å². The lowest BCUT2D eigenvalue weighted by molar-refractivity contribution is -0.137. The van der Waals surface area contributed by atoms with Crippen LogP contribution in [0.15, 0.2) is 16.7 Å². The van der Waals surface area contributed by atoms with Gasteiger partial charge in [-0.2, -0.15) is 13.2 Å². The third kappa shape index (κ3) is 3.23. The number of aromatic nitrogens is 1. The number of hydrogen-bond donors (Lipinski definition) is 0. The summed E-state index contributed by atoms with van der Waals surface area (Å²) in [4.78, 5) is 18.3. The second-order valence-electron chi connectivity index (χ2n) is 4.52. The number of hydrogen-bond acceptors (Lipinski definition) is 3. The van der Waals surface area contributed by atoms with Crippen molar-refractivity contribution in [3.05, 3.63) is 22.3 Å². The molecule has 0 aliphatic carbocycles. The van der Waals surface area contributed by atoms with Gasteiger partial charge in [0.25, 0.3) is 0 Å². The van der Waals surface area contributed by atoms with Crippen molar-refractivity contribution in [3.8, 4) is 0 Å². The van der Waals surface area contributed by atoms with Crippen molar-refractivity contribution < 1.29 is 18.0 Å². The van der Waals surface area contributed by atoms with Gasteiger partial charge in [-0.3, -0.25) is 4.79 Å². The Hall–Kier alpha value is -1.31.